The molecule has 0 atom stereocenters. The third kappa shape index (κ3) is 4.20. The summed E-state index contributed by atoms with van der Waals surface area (Å²) in [7, 11) is 0. The largest absolute Gasteiger partial charge is 0.491 e. The number of allylic oxidation sites excluding steroid dienone is 1. The second-order valence-corrected chi connectivity index (χ2v) is 4.87. The lowest BCUT2D eigenvalue weighted by molar-refractivity contribution is 0.330. The van der Waals surface area contributed by atoms with Crippen LogP contribution in [0.4, 0.5) is 5.82 Å². The van der Waals surface area contributed by atoms with E-state index in [1.165, 1.54) is 6.33 Å². The number of halogens is 1. The fourth-order valence-corrected chi connectivity index (χ4v) is 2.04. The highest BCUT2D eigenvalue weighted by molar-refractivity contribution is 6.30. The lowest BCUT2D eigenvalue weighted by Crippen LogP contribution is -2.14. The first-order chi connectivity index (χ1) is 10.2. The minimum Gasteiger partial charge on any atom is -0.491 e. The maximum atomic E-state index is 5.95. The van der Waals surface area contributed by atoms with E-state index in [0.29, 0.717) is 18.3 Å². The van der Waals surface area contributed by atoms with Gasteiger partial charge in [0.15, 0.2) is 0 Å². The highest BCUT2D eigenvalue weighted by atomic mass is 35.5. The standard InChI is InChI=1S/C16H18ClN3O/c1-3-6-13-7-4-5-8-14(13)21-10-9-18-16-12(2)15(17)19-11-20-16/h3-5,7-8,11H,1,6,9-10H2,2H3,(H,18,19,20). The quantitative estimate of drug-likeness (QED) is 0.482. The van der Waals surface area contributed by atoms with E-state index >= 15 is 0 Å². The molecule has 2 aromatic rings. The molecular weight excluding hydrogens is 286 g/mol. The average Bonchev–Trinajstić information content (AvgIpc) is 2.49. The highest BCUT2D eigenvalue weighted by Crippen LogP contribution is 2.19. The summed E-state index contributed by atoms with van der Waals surface area (Å²) in [6, 6.07) is 7.96. The molecule has 0 amide bonds. The summed E-state index contributed by atoms with van der Waals surface area (Å²) in [6.45, 7) is 6.81. The molecule has 1 N–H and O–H groups in total. The molecule has 1 aromatic carbocycles. The fraction of sp³-hybridized carbons (Fsp3) is 0.250. The third-order valence-corrected chi connectivity index (χ3v) is 3.39. The fourth-order valence-electron chi connectivity index (χ4n) is 1.91. The van der Waals surface area contributed by atoms with Gasteiger partial charge in [0.25, 0.3) is 0 Å². The smallest absolute Gasteiger partial charge is 0.137 e. The molecule has 1 heterocycles. The van der Waals surface area contributed by atoms with Crippen molar-refractivity contribution in [1.82, 2.24) is 9.97 Å². The minimum absolute atomic E-state index is 0.463. The zero-order chi connectivity index (χ0) is 15.1. The number of anilines is 1. The van der Waals surface area contributed by atoms with Gasteiger partial charge in [-0.2, -0.15) is 0 Å². The zero-order valence-electron chi connectivity index (χ0n) is 12.0. The van der Waals surface area contributed by atoms with E-state index in [1.807, 2.05) is 37.3 Å². The first kappa shape index (κ1) is 15.3. The summed E-state index contributed by atoms with van der Waals surface area (Å²) in [6.07, 6.45) is 4.11. The van der Waals surface area contributed by atoms with Crippen molar-refractivity contribution >= 4 is 17.4 Å². The van der Waals surface area contributed by atoms with Crippen molar-refractivity contribution in [3.63, 3.8) is 0 Å². The van der Waals surface area contributed by atoms with Gasteiger partial charge in [0.1, 0.15) is 29.7 Å². The summed E-state index contributed by atoms with van der Waals surface area (Å²) in [5.41, 5.74) is 1.97. The van der Waals surface area contributed by atoms with Gasteiger partial charge >= 0.3 is 0 Å². The topological polar surface area (TPSA) is 47.0 Å². The maximum absolute atomic E-state index is 5.95. The zero-order valence-corrected chi connectivity index (χ0v) is 12.7. The second kappa shape index (κ2) is 7.64. The number of para-hydroxylation sites is 1. The van der Waals surface area contributed by atoms with E-state index in [-0.39, 0.29) is 0 Å². The summed E-state index contributed by atoms with van der Waals surface area (Å²) in [5, 5.41) is 3.66. The van der Waals surface area contributed by atoms with E-state index in [4.69, 9.17) is 16.3 Å². The molecule has 0 bridgehead atoms. The van der Waals surface area contributed by atoms with Crippen LogP contribution in [0.2, 0.25) is 5.15 Å². The van der Waals surface area contributed by atoms with Crippen molar-refractivity contribution in [1.29, 1.82) is 0 Å². The third-order valence-electron chi connectivity index (χ3n) is 3.01. The van der Waals surface area contributed by atoms with Crippen LogP contribution in [0.1, 0.15) is 11.1 Å². The number of ether oxygens (including phenoxy) is 1. The van der Waals surface area contributed by atoms with E-state index in [9.17, 15) is 0 Å². The molecule has 4 nitrogen and oxygen atoms in total. The van der Waals surface area contributed by atoms with Crippen LogP contribution in [0.25, 0.3) is 0 Å². The Kier molecular flexibility index (Phi) is 5.58. The molecule has 0 unspecified atom stereocenters. The molecule has 110 valence electrons. The van der Waals surface area contributed by atoms with Gasteiger partial charge in [-0.05, 0) is 25.0 Å². The SMILES string of the molecule is C=CCc1ccccc1OCCNc1ncnc(Cl)c1C. The number of benzene rings is 1. The Hall–Kier alpha value is -2.07. The van der Waals surface area contributed by atoms with Crippen LogP contribution in [0.3, 0.4) is 0 Å². The first-order valence-electron chi connectivity index (χ1n) is 6.75. The van der Waals surface area contributed by atoms with Crippen LogP contribution in [-0.2, 0) is 6.42 Å². The van der Waals surface area contributed by atoms with Gasteiger partial charge in [-0.1, -0.05) is 35.9 Å². The molecule has 21 heavy (non-hydrogen) atoms. The summed E-state index contributed by atoms with van der Waals surface area (Å²) in [5.74, 6) is 1.62. The summed E-state index contributed by atoms with van der Waals surface area (Å²) >= 11 is 5.95. The molecule has 0 aliphatic heterocycles. The Bertz CT molecular complexity index is 616. The van der Waals surface area contributed by atoms with E-state index in [1.54, 1.807) is 0 Å². The van der Waals surface area contributed by atoms with Gasteiger partial charge in [-0.15, -0.1) is 6.58 Å². The molecule has 0 fully saturated rings. The van der Waals surface area contributed by atoms with Crippen molar-refractivity contribution in [2.24, 2.45) is 0 Å². The molecule has 0 aliphatic rings. The molecule has 5 heteroatoms. The second-order valence-electron chi connectivity index (χ2n) is 4.51. The van der Waals surface area contributed by atoms with Crippen LogP contribution in [0.5, 0.6) is 5.75 Å². The van der Waals surface area contributed by atoms with Crippen molar-refractivity contribution in [3.05, 3.63) is 59.5 Å². The van der Waals surface area contributed by atoms with Crippen molar-refractivity contribution < 1.29 is 4.74 Å². The lowest BCUT2D eigenvalue weighted by Gasteiger charge is -2.12. The van der Waals surface area contributed by atoms with E-state index < -0.39 is 0 Å². The van der Waals surface area contributed by atoms with Crippen LogP contribution < -0.4 is 10.1 Å². The van der Waals surface area contributed by atoms with E-state index in [2.05, 4.69) is 21.9 Å². The molecule has 0 aliphatic carbocycles. The van der Waals surface area contributed by atoms with Gasteiger partial charge in [-0.25, -0.2) is 9.97 Å². The number of rotatable bonds is 7. The predicted molar refractivity (Wildman–Crippen MR) is 86.1 cm³/mol. The Balaban J connectivity index is 1.87. The summed E-state index contributed by atoms with van der Waals surface area (Å²) in [4.78, 5) is 8.08. The lowest BCUT2D eigenvalue weighted by atomic mass is 10.1. The molecule has 0 saturated carbocycles. The molecule has 0 radical (unpaired) electrons. The maximum Gasteiger partial charge on any atom is 0.137 e. The van der Waals surface area contributed by atoms with Crippen LogP contribution in [-0.4, -0.2) is 23.1 Å². The van der Waals surface area contributed by atoms with Crippen LogP contribution >= 0.6 is 11.6 Å². The normalized spacial score (nSPS) is 10.2. The Labute approximate surface area is 129 Å². The predicted octanol–water partition coefficient (Wildman–Crippen LogP) is 3.66. The highest BCUT2D eigenvalue weighted by Gasteiger charge is 2.05. The number of nitrogens with zero attached hydrogens (tertiary/aromatic N) is 2. The molecular formula is C16H18ClN3O. The minimum atomic E-state index is 0.463. The molecule has 2 rings (SSSR count). The van der Waals surface area contributed by atoms with Crippen LogP contribution in [0.15, 0.2) is 43.2 Å². The summed E-state index contributed by atoms with van der Waals surface area (Å²) < 4.78 is 5.79. The number of hydrogen-bond donors (Lipinski definition) is 1. The van der Waals surface area contributed by atoms with Crippen LogP contribution in [0, 0.1) is 6.92 Å². The Morgan fingerprint density at radius 3 is 2.95 bits per heavy atom. The number of aromatic nitrogens is 2. The number of nitrogens with one attached hydrogen (secondary N) is 1. The Morgan fingerprint density at radius 2 is 2.14 bits per heavy atom. The average molecular weight is 304 g/mol. The molecule has 0 saturated heterocycles. The van der Waals surface area contributed by atoms with Crippen molar-refractivity contribution in [3.8, 4) is 5.75 Å². The molecule has 0 spiro atoms. The van der Waals surface area contributed by atoms with Crippen molar-refractivity contribution in [2.45, 2.75) is 13.3 Å². The van der Waals surface area contributed by atoms with Gasteiger partial charge < -0.3 is 10.1 Å². The monoisotopic (exact) mass is 303 g/mol. The van der Waals surface area contributed by atoms with E-state index in [0.717, 1.165) is 29.1 Å². The number of hydrogen-bond acceptors (Lipinski definition) is 4. The molecule has 1 aromatic heterocycles. The van der Waals surface area contributed by atoms with Gasteiger partial charge in [0, 0.05) is 5.56 Å². The van der Waals surface area contributed by atoms with Gasteiger partial charge in [0.05, 0.1) is 6.54 Å². The first-order valence-corrected chi connectivity index (χ1v) is 7.12. The van der Waals surface area contributed by atoms with Crippen molar-refractivity contribution in [2.75, 3.05) is 18.5 Å². The van der Waals surface area contributed by atoms with Gasteiger partial charge in [0.2, 0.25) is 0 Å². The van der Waals surface area contributed by atoms with Gasteiger partial charge in [-0.3, -0.25) is 0 Å². The Morgan fingerprint density at radius 1 is 1.33 bits per heavy atom.